The van der Waals surface area contributed by atoms with Crippen molar-refractivity contribution >= 4 is 5.91 Å². The highest BCUT2D eigenvalue weighted by Crippen LogP contribution is 2.26. The number of likely N-dealkylation sites (tertiary alicyclic amines) is 1. The number of rotatable bonds is 3. The summed E-state index contributed by atoms with van der Waals surface area (Å²) in [7, 11) is 0. The smallest absolute Gasteiger partial charge is 0.317 e. The predicted octanol–water partition coefficient (Wildman–Crippen LogP) is 2.64. The molecule has 7 nitrogen and oxygen atoms in total. The quantitative estimate of drug-likeness (QED) is 0.841. The van der Waals surface area contributed by atoms with Gasteiger partial charge in [0.1, 0.15) is 11.9 Å². The Bertz CT molecular complexity index is 797. The van der Waals surface area contributed by atoms with Crippen LogP contribution in [-0.4, -0.2) is 45.1 Å². The van der Waals surface area contributed by atoms with E-state index in [0.717, 1.165) is 61.2 Å². The van der Waals surface area contributed by atoms with Gasteiger partial charge in [-0.3, -0.25) is 4.79 Å². The van der Waals surface area contributed by atoms with E-state index >= 15 is 0 Å². The second-order valence-electron chi connectivity index (χ2n) is 7.21. The van der Waals surface area contributed by atoms with Crippen molar-refractivity contribution in [3.05, 3.63) is 34.5 Å². The molecule has 0 aromatic carbocycles. The Morgan fingerprint density at radius 2 is 1.96 bits per heavy atom. The number of hydrogen-bond donors (Lipinski definition) is 0. The summed E-state index contributed by atoms with van der Waals surface area (Å²) in [6, 6.07) is 2.30. The summed E-state index contributed by atoms with van der Waals surface area (Å²) >= 11 is 0. The van der Waals surface area contributed by atoms with Crippen molar-refractivity contribution in [1.82, 2.24) is 20.0 Å². The van der Waals surface area contributed by atoms with Crippen LogP contribution in [0.2, 0.25) is 0 Å². The van der Waals surface area contributed by atoms with E-state index in [1.54, 1.807) is 0 Å². The molecular weight excluding hydrogens is 332 g/mol. The molecule has 0 unspecified atom stereocenters. The Labute approximate surface area is 152 Å². The first-order valence-corrected chi connectivity index (χ1v) is 9.36. The lowest BCUT2D eigenvalue weighted by atomic mass is 9.96. The fourth-order valence-corrected chi connectivity index (χ4v) is 3.82. The summed E-state index contributed by atoms with van der Waals surface area (Å²) in [5, 5.41) is 4.07. The van der Waals surface area contributed by atoms with Crippen LogP contribution in [0.5, 0.6) is 6.01 Å². The molecule has 2 aromatic rings. The molecule has 138 valence electrons. The number of aromatic nitrogens is 3. The summed E-state index contributed by atoms with van der Waals surface area (Å²) in [6.45, 7) is 5.09. The molecule has 0 radical (unpaired) electrons. The minimum Gasteiger partial charge on any atom is -0.458 e. The molecule has 26 heavy (non-hydrogen) atoms. The van der Waals surface area contributed by atoms with Crippen molar-refractivity contribution in [3.63, 3.8) is 0 Å². The van der Waals surface area contributed by atoms with Crippen LogP contribution >= 0.6 is 0 Å². The van der Waals surface area contributed by atoms with Crippen LogP contribution in [0.3, 0.4) is 0 Å². The van der Waals surface area contributed by atoms with Gasteiger partial charge in [-0.05, 0) is 52.0 Å². The van der Waals surface area contributed by atoms with Gasteiger partial charge in [0.2, 0.25) is 0 Å². The predicted molar refractivity (Wildman–Crippen MR) is 94.2 cm³/mol. The van der Waals surface area contributed by atoms with Crippen LogP contribution in [-0.2, 0) is 12.8 Å². The van der Waals surface area contributed by atoms with Crippen molar-refractivity contribution < 1.29 is 14.1 Å². The zero-order valence-corrected chi connectivity index (χ0v) is 15.3. The van der Waals surface area contributed by atoms with Gasteiger partial charge >= 0.3 is 6.01 Å². The van der Waals surface area contributed by atoms with Crippen LogP contribution in [0.4, 0.5) is 0 Å². The third kappa shape index (κ3) is 3.43. The summed E-state index contributed by atoms with van der Waals surface area (Å²) in [5.41, 5.74) is 3.25. The van der Waals surface area contributed by atoms with E-state index in [1.165, 1.54) is 0 Å². The zero-order valence-electron chi connectivity index (χ0n) is 15.3. The Hall–Kier alpha value is -2.44. The average Bonchev–Trinajstić information content (AvgIpc) is 3.04. The number of ether oxygens (including phenoxy) is 1. The number of piperidine rings is 1. The normalized spacial score (nSPS) is 19.9. The lowest BCUT2D eigenvalue weighted by molar-refractivity contribution is 0.0505. The molecule has 7 heteroatoms. The summed E-state index contributed by atoms with van der Waals surface area (Å²) in [5.74, 6) is 0.833. The Kier molecular flexibility index (Phi) is 4.61. The summed E-state index contributed by atoms with van der Waals surface area (Å²) in [4.78, 5) is 23.5. The topological polar surface area (TPSA) is 81.4 Å². The van der Waals surface area contributed by atoms with E-state index in [1.807, 2.05) is 24.8 Å². The SMILES string of the molecule is Cc1cc(C)nc(O[C@@H]2CCCN(C(=O)c3noc4c3CCCC4)C2)n1. The van der Waals surface area contributed by atoms with Crippen LogP contribution in [0, 0.1) is 13.8 Å². The molecule has 4 rings (SSSR count). The first-order chi connectivity index (χ1) is 12.6. The van der Waals surface area contributed by atoms with Crippen LogP contribution in [0.15, 0.2) is 10.6 Å². The molecule has 2 aromatic heterocycles. The number of carbonyl (C=O) groups is 1. The van der Waals surface area contributed by atoms with Gasteiger partial charge in [0.15, 0.2) is 5.69 Å². The highest BCUT2D eigenvalue weighted by atomic mass is 16.5. The van der Waals surface area contributed by atoms with E-state index < -0.39 is 0 Å². The molecule has 0 bridgehead atoms. The van der Waals surface area contributed by atoms with Crippen molar-refractivity contribution in [3.8, 4) is 6.01 Å². The summed E-state index contributed by atoms with van der Waals surface area (Å²) in [6.07, 6.45) is 5.63. The molecule has 3 heterocycles. The molecule has 1 amide bonds. The molecule has 1 atom stereocenters. The third-order valence-corrected chi connectivity index (χ3v) is 5.05. The van der Waals surface area contributed by atoms with Crippen molar-refractivity contribution in [2.45, 2.75) is 58.5 Å². The zero-order chi connectivity index (χ0) is 18.1. The van der Waals surface area contributed by atoms with Gasteiger partial charge in [-0.25, -0.2) is 9.97 Å². The van der Waals surface area contributed by atoms with E-state index in [0.29, 0.717) is 24.8 Å². The minimum atomic E-state index is -0.100. The number of fused-ring (bicyclic) bond motifs is 1. The molecule has 1 fully saturated rings. The molecule has 1 saturated heterocycles. The fourth-order valence-electron chi connectivity index (χ4n) is 3.82. The van der Waals surface area contributed by atoms with Gasteiger partial charge in [-0.1, -0.05) is 5.16 Å². The number of amides is 1. The van der Waals surface area contributed by atoms with Crippen molar-refractivity contribution in [2.75, 3.05) is 13.1 Å². The number of aryl methyl sites for hydroxylation is 3. The van der Waals surface area contributed by atoms with Crippen molar-refractivity contribution in [1.29, 1.82) is 0 Å². The molecule has 0 spiro atoms. The molecular formula is C19H24N4O3. The number of carbonyl (C=O) groups excluding carboxylic acids is 1. The standard InChI is InChI=1S/C19H24N4O3/c1-12-10-13(2)21-19(20-12)25-14-6-5-9-23(11-14)18(24)17-15-7-3-4-8-16(15)26-22-17/h10,14H,3-9,11H2,1-2H3/t14-/m1/s1. The molecule has 1 aliphatic heterocycles. The third-order valence-electron chi connectivity index (χ3n) is 5.05. The lowest BCUT2D eigenvalue weighted by Crippen LogP contribution is -2.45. The summed E-state index contributed by atoms with van der Waals surface area (Å²) < 4.78 is 11.4. The maximum absolute atomic E-state index is 13.0. The van der Waals surface area contributed by atoms with E-state index in [2.05, 4.69) is 15.1 Å². The Morgan fingerprint density at radius 3 is 2.77 bits per heavy atom. The van der Waals surface area contributed by atoms with Crippen LogP contribution < -0.4 is 4.74 Å². The largest absolute Gasteiger partial charge is 0.458 e. The van der Waals surface area contributed by atoms with Gasteiger partial charge in [0.25, 0.3) is 5.91 Å². The number of nitrogens with zero attached hydrogens (tertiary/aromatic N) is 4. The second-order valence-corrected chi connectivity index (χ2v) is 7.21. The van der Waals surface area contributed by atoms with Gasteiger partial charge in [0, 0.05) is 29.9 Å². The molecule has 0 saturated carbocycles. The van der Waals surface area contributed by atoms with E-state index in [9.17, 15) is 4.79 Å². The molecule has 2 aliphatic rings. The van der Waals surface area contributed by atoms with Gasteiger partial charge in [-0.15, -0.1) is 0 Å². The highest BCUT2D eigenvalue weighted by molar-refractivity contribution is 5.94. The van der Waals surface area contributed by atoms with Gasteiger partial charge in [-0.2, -0.15) is 0 Å². The fraction of sp³-hybridized carbons (Fsp3) is 0.579. The number of hydrogen-bond acceptors (Lipinski definition) is 6. The monoisotopic (exact) mass is 356 g/mol. The van der Waals surface area contributed by atoms with E-state index in [-0.39, 0.29) is 12.0 Å². The maximum atomic E-state index is 13.0. The first kappa shape index (κ1) is 17.0. The second kappa shape index (κ2) is 7.05. The Morgan fingerprint density at radius 1 is 1.19 bits per heavy atom. The van der Waals surface area contributed by atoms with Crippen LogP contribution in [0.25, 0.3) is 0 Å². The molecule has 1 aliphatic carbocycles. The highest BCUT2D eigenvalue weighted by Gasteiger charge is 2.31. The minimum absolute atomic E-state index is 0.0495. The first-order valence-electron chi connectivity index (χ1n) is 9.36. The molecule has 0 N–H and O–H groups in total. The lowest BCUT2D eigenvalue weighted by Gasteiger charge is -2.32. The average molecular weight is 356 g/mol. The maximum Gasteiger partial charge on any atom is 0.317 e. The van der Waals surface area contributed by atoms with Crippen LogP contribution in [0.1, 0.15) is 58.9 Å². The van der Waals surface area contributed by atoms with Gasteiger partial charge < -0.3 is 14.2 Å². The Balaban J connectivity index is 1.46. The van der Waals surface area contributed by atoms with Crippen molar-refractivity contribution in [2.24, 2.45) is 0 Å². The van der Waals surface area contributed by atoms with Gasteiger partial charge in [0.05, 0.1) is 6.54 Å². The van der Waals surface area contributed by atoms with E-state index in [4.69, 9.17) is 9.26 Å².